The van der Waals surface area contributed by atoms with Crippen LogP contribution in [0, 0.1) is 21.0 Å². The van der Waals surface area contributed by atoms with Crippen LogP contribution in [-0.2, 0) is 11.3 Å². The Morgan fingerprint density at radius 1 is 0.971 bits per heavy atom. The molecular formula is C27H23I2N5O. The smallest absolute Gasteiger partial charge is 0.241 e. The fourth-order valence-electron chi connectivity index (χ4n) is 4.39. The monoisotopic (exact) mass is 687 g/mol. The number of hydrazone groups is 1. The molecule has 0 bridgehead atoms. The Morgan fingerprint density at radius 2 is 1.60 bits per heavy atom. The molecule has 5 aromatic rings. The maximum Gasteiger partial charge on any atom is 0.241 e. The number of carbonyl (C=O) groups excluding carboxylic acids is 1. The molecule has 176 valence electrons. The molecule has 1 N–H and O–H groups in total. The summed E-state index contributed by atoms with van der Waals surface area (Å²) in [4.78, 5) is 12.6. The zero-order valence-electron chi connectivity index (χ0n) is 19.3. The van der Waals surface area contributed by atoms with Crippen LogP contribution in [0.1, 0.15) is 23.4 Å². The van der Waals surface area contributed by atoms with Gasteiger partial charge in [0, 0.05) is 47.5 Å². The Kier molecular flexibility index (Phi) is 6.92. The fraction of sp³-hybridized carbons (Fsp3) is 0.148. The zero-order valence-corrected chi connectivity index (χ0v) is 23.6. The molecule has 0 atom stereocenters. The summed E-state index contributed by atoms with van der Waals surface area (Å²) in [5, 5.41) is 11.3. The molecule has 8 heteroatoms. The van der Waals surface area contributed by atoms with Crippen LogP contribution < -0.4 is 5.43 Å². The largest absolute Gasteiger partial charge is 0.340 e. The molecule has 35 heavy (non-hydrogen) atoms. The molecule has 0 saturated heterocycles. The van der Waals surface area contributed by atoms with Crippen LogP contribution in [0.25, 0.3) is 27.5 Å². The summed E-state index contributed by atoms with van der Waals surface area (Å²) in [5.41, 5.74) is 8.69. The molecule has 0 saturated carbocycles. The first-order valence-corrected chi connectivity index (χ1v) is 13.4. The van der Waals surface area contributed by atoms with E-state index in [1.54, 1.807) is 6.21 Å². The minimum Gasteiger partial charge on any atom is -0.340 e. The van der Waals surface area contributed by atoms with Crippen molar-refractivity contribution < 1.29 is 4.79 Å². The van der Waals surface area contributed by atoms with E-state index in [0.29, 0.717) is 13.0 Å². The maximum atomic E-state index is 12.6. The number of hydrogen-bond donors (Lipinski definition) is 1. The van der Waals surface area contributed by atoms with Crippen LogP contribution in [-0.4, -0.2) is 26.5 Å². The van der Waals surface area contributed by atoms with Gasteiger partial charge in [-0.2, -0.15) is 10.2 Å². The highest BCUT2D eigenvalue weighted by Gasteiger charge is 2.13. The van der Waals surface area contributed by atoms with E-state index in [2.05, 4.69) is 102 Å². The number of aryl methyl sites for hydroxylation is 2. The van der Waals surface area contributed by atoms with E-state index in [-0.39, 0.29) is 5.91 Å². The highest BCUT2D eigenvalue weighted by atomic mass is 127. The molecule has 6 nitrogen and oxygen atoms in total. The minimum atomic E-state index is -0.127. The lowest BCUT2D eigenvalue weighted by atomic mass is 10.2. The number of amides is 1. The van der Waals surface area contributed by atoms with Gasteiger partial charge in [0.2, 0.25) is 5.91 Å². The zero-order chi connectivity index (χ0) is 24.5. The summed E-state index contributed by atoms with van der Waals surface area (Å²) in [6.07, 6.45) is 2.01. The van der Waals surface area contributed by atoms with E-state index in [9.17, 15) is 4.79 Å². The molecule has 0 aliphatic rings. The summed E-state index contributed by atoms with van der Waals surface area (Å²) in [6, 6.07) is 22.9. The lowest BCUT2D eigenvalue weighted by molar-refractivity contribution is -0.121. The number of halogens is 2. The second-order valence-electron chi connectivity index (χ2n) is 8.35. The van der Waals surface area contributed by atoms with E-state index in [1.165, 1.54) is 17.9 Å². The van der Waals surface area contributed by atoms with Crippen molar-refractivity contribution in [3.05, 3.63) is 90.8 Å². The molecule has 0 spiro atoms. The number of fused-ring (bicyclic) bond motifs is 3. The number of benzene rings is 3. The highest BCUT2D eigenvalue weighted by Crippen LogP contribution is 2.31. The van der Waals surface area contributed by atoms with E-state index in [0.717, 1.165) is 33.7 Å². The Bertz CT molecular complexity index is 1530. The molecule has 1 amide bonds. The number of nitrogens with zero attached hydrogens (tertiary/aromatic N) is 4. The van der Waals surface area contributed by atoms with Gasteiger partial charge >= 0.3 is 0 Å². The molecule has 0 unspecified atom stereocenters. The quantitative estimate of drug-likeness (QED) is 0.129. The van der Waals surface area contributed by atoms with Gasteiger partial charge in [-0.05, 0) is 108 Å². The predicted octanol–water partition coefficient (Wildman–Crippen LogP) is 6.35. The number of rotatable bonds is 6. The number of hydrogen-bond acceptors (Lipinski definition) is 3. The average Bonchev–Trinajstić information content (AvgIpc) is 3.31. The van der Waals surface area contributed by atoms with E-state index in [1.807, 2.05) is 48.9 Å². The van der Waals surface area contributed by atoms with Crippen molar-refractivity contribution in [2.75, 3.05) is 0 Å². The first-order valence-electron chi connectivity index (χ1n) is 11.2. The maximum absolute atomic E-state index is 12.6. The Balaban J connectivity index is 1.31. The van der Waals surface area contributed by atoms with Crippen molar-refractivity contribution in [3.63, 3.8) is 0 Å². The summed E-state index contributed by atoms with van der Waals surface area (Å²) in [7, 11) is 0. The standard InChI is InChI=1S/C27H23I2N5O/c1-17-24(18(2)34(32-17)21-6-4-3-5-7-21)16-30-31-27(35)12-13-33-25-10-8-19(28)14-22(25)23-15-20(29)9-11-26(23)33/h3-11,14-16H,12-13H2,1-2H3,(H,31,35). The molecule has 0 aliphatic heterocycles. The van der Waals surface area contributed by atoms with Crippen molar-refractivity contribution in [3.8, 4) is 5.69 Å². The summed E-state index contributed by atoms with van der Waals surface area (Å²) in [5.74, 6) is -0.127. The van der Waals surface area contributed by atoms with Crippen LogP contribution in [0.3, 0.4) is 0 Å². The second-order valence-corrected chi connectivity index (χ2v) is 10.8. The van der Waals surface area contributed by atoms with Crippen molar-refractivity contribution in [1.29, 1.82) is 0 Å². The van der Waals surface area contributed by atoms with Crippen LogP contribution in [0.2, 0.25) is 0 Å². The lowest BCUT2D eigenvalue weighted by Crippen LogP contribution is -2.19. The van der Waals surface area contributed by atoms with Gasteiger partial charge in [0.1, 0.15) is 0 Å². The van der Waals surface area contributed by atoms with Crippen molar-refractivity contribution in [2.24, 2.45) is 5.10 Å². The third-order valence-electron chi connectivity index (χ3n) is 6.08. The van der Waals surface area contributed by atoms with Crippen molar-refractivity contribution in [2.45, 2.75) is 26.8 Å². The minimum absolute atomic E-state index is 0.127. The molecule has 0 fully saturated rings. The highest BCUT2D eigenvalue weighted by molar-refractivity contribution is 14.1. The number of aromatic nitrogens is 3. The molecule has 5 rings (SSSR count). The Hall–Kier alpha value is -2.73. The Morgan fingerprint density at radius 3 is 2.23 bits per heavy atom. The van der Waals surface area contributed by atoms with Crippen LogP contribution >= 0.6 is 45.2 Å². The fourth-order valence-corrected chi connectivity index (χ4v) is 5.37. The molecule has 2 aromatic heterocycles. The van der Waals surface area contributed by atoms with E-state index >= 15 is 0 Å². The lowest BCUT2D eigenvalue weighted by Gasteiger charge is -2.07. The number of carbonyl (C=O) groups is 1. The SMILES string of the molecule is Cc1nn(-c2ccccc2)c(C)c1C=NNC(=O)CCn1c2ccc(I)cc2c2cc(I)ccc21. The Labute approximate surface area is 230 Å². The van der Waals surface area contributed by atoms with E-state index in [4.69, 9.17) is 0 Å². The van der Waals surface area contributed by atoms with Crippen molar-refractivity contribution >= 4 is 79.1 Å². The van der Waals surface area contributed by atoms with Gasteiger partial charge in [0.05, 0.1) is 23.3 Å². The van der Waals surface area contributed by atoms with Crippen LogP contribution in [0.15, 0.2) is 71.8 Å². The van der Waals surface area contributed by atoms with Crippen molar-refractivity contribution in [1.82, 2.24) is 19.8 Å². The third-order valence-corrected chi connectivity index (χ3v) is 7.42. The van der Waals surface area contributed by atoms with E-state index < -0.39 is 0 Å². The molecule has 0 radical (unpaired) electrons. The first kappa shape index (κ1) is 24.0. The van der Waals surface area contributed by atoms with Gasteiger partial charge < -0.3 is 4.57 Å². The average molecular weight is 687 g/mol. The molecule has 3 aromatic carbocycles. The first-order chi connectivity index (χ1) is 16.9. The number of para-hydroxylation sites is 1. The third kappa shape index (κ3) is 4.86. The predicted molar refractivity (Wildman–Crippen MR) is 158 cm³/mol. The van der Waals surface area contributed by atoms with Gasteiger partial charge in [-0.25, -0.2) is 10.1 Å². The van der Waals surface area contributed by atoms with Crippen LogP contribution in [0.5, 0.6) is 0 Å². The van der Waals surface area contributed by atoms with Crippen LogP contribution in [0.4, 0.5) is 0 Å². The summed E-state index contributed by atoms with van der Waals surface area (Å²) < 4.78 is 6.50. The normalized spacial score (nSPS) is 11.7. The topological polar surface area (TPSA) is 64.2 Å². The van der Waals surface area contributed by atoms with Gasteiger partial charge in [-0.3, -0.25) is 4.79 Å². The molecule has 0 aliphatic carbocycles. The second kappa shape index (κ2) is 10.1. The number of nitrogens with one attached hydrogen (secondary N) is 1. The summed E-state index contributed by atoms with van der Waals surface area (Å²) in [6.45, 7) is 4.52. The van der Waals surface area contributed by atoms with Gasteiger partial charge in [0.15, 0.2) is 0 Å². The molecular weight excluding hydrogens is 664 g/mol. The van der Waals surface area contributed by atoms with Gasteiger partial charge in [0.25, 0.3) is 0 Å². The molecule has 2 heterocycles. The van der Waals surface area contributed by atoms with Gasteiger partial charge in [-0.15, -0.1) is 0 Å². The summed E-state index contributed by atoms with van der Waals surface area (Å²) >= 11 is 4.69. The van der Waals surface area contributed by atoms with Gasteiger partial charge in [-0.1, -0.05) is 18.2 Å².